The van der Waals surface area contributed by atoms with Crippen molar-refractivity contribution in [2.24, 2.45) is 4.99 Å². The van der Waals surface area contributed by atoms with Crippen LogP contribution >= 0.6 is 35.3 Å². The van der Waals surface area contributed by atoms with Gasteiger partial charge in [-0.15, -0.1) is 35.3 Å². The van der Waals surface area contributed by atoms with E-state index < -0.39 is 11.6 Å². The Labute approximate surface area is 179 Å². The summed E-state index contributed by atoms with van der Waals surface area (Å²) in [5.74, 6) is -0.336. The number of nitrogens with zero attached hydrogens (tertiary/aromatic N) is 3. The molecule has 1 unspecified atom stereocenters. The molecule has 148 valence electrons. The van der Waals surface area contributed by atoms with E-state index in [0.717, 1.165) is 34.9 Å². The van der Waals surface area contributed by atoms with E-state index in [4.69, 9.17) is 0 Å². The van der Waals surface area contributed by atoms with Gasteiger partial charge in [0.05, 0.1) is 17.2 Å². The molecule has 0 spiro atoms. The van der Waals surface area contributed by atoms with Crippen molar-refractivity contribution in [3.63, 3.8) is 0 Å². The number of aryl methyl sites for hydroxylation is 1. The monoisotopic (exact) mass is 507 g/mol. The minimum Gasteiger partial charge on any atom is -0.367 e. The predicted molar refractivity (Wildman–Crippen MR) is 117 cm³/mol. The number of anilines is 1. The van der Waals surface area contributed by atoms with Crippen molar-refractivity contribution >= 4 is 47.0 Å². The van der Waals surface area contributed by atoms with Gasteiger partial charge in [-0.25, -0.2) is 18.8 Å². The number of rotatable bonds is 5. The Morgan fingerprint density at radius 2 is 2.22 bits per heavy atom. The molecule has 1 aliphatic rings. The summed E-state index contributed by atoms with van der Waals surface area (Å²) in [5.41, 5.74) is 0.442. The van der Waals surface area contributed by atoms with E-state index in [1.807, 2.05) is 24.9 Å². The molecular weight excluding hydrogens is 483 g/mol. The van der Waals surface area contributed by atoms with Gasteiger partial charge in [-0.1, -0.05) is 0 Å². The molecule has 1 fully saturated rings. The molecule has 2 aromatic rings. The lowest BCUT2D eigenvalue weighted by atomic mass is 10.2. The molecule has 0 saturated carbocycles. The third kappa shape index (κ3) is 6.00. The molecule has 2 N–H and O–H groups in total. The van der Waals surface area contributed by atoms with Gasteiger partial charge in [0.25, 0.3) is 0 Å². The van der Waals surface area contributed by atoms with Gasteiger partial charge in [0, 0.05) is 42.8 Å². The van der Waals surface area contributed by atoms with Crippen LogP contribution in [0, 0.1) is 18.6 Å². The lowest BCUT2D eigenvalue weighted by molar-refractivity contribution is 0.580. The minimum absolute atomic E-state index is 0. The molecule has 0 bridgehead atoms. The zero-order chi connectivity index (χ0) is 18.5. The molecular formula is C18H24F2IN5S. The van der Waals surface area contributed by atoms with Crippen LogP contribution in [0.1, 0.15) is 23.2 Å². The maximum absolute atomic E-state index is 14.0. The van der Waals surface area contributed by atoms with Crippen LogP contribution < -0.4 is 15.5 Å². The van der Waals surface area contributed by atoms with Crippen molar-refractivity contribution in [1.29, 1.82) is 0 Å². The Morgan fingerprint density at radius 3 is 2.89 bits per heavy atom. The van der Waals surface area contributed by atoms with Gasteiger partial charge < -0.3 is 15.5 Å². The summed E-state index contributed by atoms with van der Waals surface area (Å²) in [7, 11) is 0. The number of nitrogens with one attached hydrogen (secondary N) is 2. The second-order valence-corrected chi connectivity index (χ2v) is 7.53. The summed E-state index contributed by atoms with van der Waals surface area (Å²) in [6, 6.07) is 3.87. The van der Waals surface area contributed by atoms with Crippen LogP contribution in [0.3, 0.4) is 0 Å². The van der Waals surface area contributed by atoms with Crippen molar-refractivity contribution in [3.8, 4) is 0 Å². The van der Waals surface area contributed by atoms with Crippen LogP contribution in [0.4, 0.5) is 14.5 Å². The van der Waals surface area contributed by atoms with E-state index in [1.54, 1.807) is 11.3 Å². The average molecular weight is 507 g/mol. The molecule has 0 amide bonds. The summed E-state index contributed by atoms with van der Waals surface area (Å²) in [6.45, 7) is 6.69. The van der Waals surface area contributed by atoms with E-state index in [0.29, 0.717) is 25.3 Å². The molecule has 3 rings (SSSR count). The highest BCUT2D eigenvalue weighted by molar-refractivity contribution is 14.0. The zero-order valence-electron chi connectivity index (χ0n) is 15.3. The van der Waals surface area contributed by atoms with E-state index in [2.05, 4.69) is 20.6 Å². The van der Waals surface area contributed by atoms with Crippen LogP contribution in [0.5, 0.6) is 0 Å². The van der Waals surface area contributed by atoms with Crippen molar-refractivity contribution in [2.75, 3.05) is 24.5 Å². The van der Waals surface area contributed by atoms with Crippen LogP contribution in [-0.4, -0.2) is 36.6 Å². The molecule has 0 aliphatic carbocycles. The lowest BCUT2D eigenvalue weighted by Crippen LogP contribution is -2.44. The first-order valence-electron chi connectivity index (χ1n) is 8.71. The van der Waals surface area contributed by atoms with Crippen LogP contribution in [0.25, 0.3) is 0 Å². The standard InChI is InChI=1S/C18H23F2N5S.HI/c1-3-21-18(23-10-15-9-22-12(2)26-15)24-14-6-7-25(11-14)17-5-4-13(19)8-16(17)20;/h4-5,8-9,14H,3,6-7,10-11H2,1-2H3,(H2,21,23,24);1H. The average Bonchev–Trinajstić information content (AvgIpc) is 3.22. The third-order valence-electron chi connectivity index (χ3n) is 4.19. The smallest absolute Gasteiger partial charge is 0.191 e. The number of aliphatic imine (C=N–C) groups is 1. The predicted octanol–water partition coefficient (Wildman–Crippen LogP) is 3.68. The first kappa shape index (κ1) is 21.8. The van der Waals surface area contributed by atoms with Crippen LogP contribution in [0.2, 0.25) is 0 Å². The molecule has 1 aromatic carbocycles. The highest BCUT2D eigenvalue weighted by Gasteiger charge is 2.25. The van der Waals surface area contributed by atoms with Crippen molar-refractivity contribution in [1.82, 2.24) is 15.6 Å². The largest absolute Gasteiger partial charge is 0.367 e. The normalized spacial score (nSPS) is 17.0. The van der Waals surface area contributed by atoms with E-state index >= 15 is 0 Å². The van der Waals surface area contributed by atoms with E-state index in [9.17, 15) is 8.78 Å². The van der Waals surface area contributed by atoms with Gasteiger partial charge in [0.2, 0.25) is 0 Å². The SMILES string of the molecule is CCNC(=NCc1cnc(C)s1)NC1CCN(c2ccc(F)cc2F)C1.I. The first-order valence-corrected chi connectivity index (χ1v) is 9.53. The third-order valence-corrected chi connectivity index (χ3v) is 5.08. The molecule has 0 radical (unpaired) electrons. The highest BCUT2D eigenvalue weighted by Crippen LogP contribution is 2.24. The Kier molecular flexibility index (Phi) is 8.21. The van der Waals surface area contributed by atoms with E-state index in [-0.39, 0.29) is 30.0 Å². The number of hydrogen-bond acceptors (Lipinski definition) is 4. The number of hydrogen-bond donors (Lipinski definition) is 2. The van der Waals surface area contributed by atoms with E-state index in [1.165, 1.54) is 12.1 Å². The van der Waals surface area contributed by atoms with Crippen LogP contribution in [0.15, 0.2) is 29.4 Å². The first-order chi connectivity index (χ1) is 12.5. The number of thiazole rings is 1. The fraction of sp³-hybridized carbons (Fsp3) is 0.444. The van der Waals surface area contributed by atoms with Gasteiger partial charge >= 0.3 is 0 Å². The Bertz CT molecular complexity index is 783. The summed E-state index contributed by atoms with van der Waals surface area (Å²) in [5, 5.41) is 7.68. The Balaban J connectivity index is 0.00000261. The molecule has 9 heteroatoms. The van der Waals surface area contributed by atoms with Gasteiger partial charge in [-0.3, -0.25) is 0 Å². The molecule has 2 heterocycles. The van der Waals surface area contributed by atoms with Crippen molar-refractivity contribution in [2.45, 2.75) is 32.9 Å². The topological polar surface area (TPSA) is 52.6 Å². The highest BCUT2D eigenvalue weighted by atomic mass is 127. The van der Waals surface area contributed by atoms with Gasteiger partial charge in [0.1, 0.15) is 11.6 Å². The molecule has 1 saturated heterocycles. The maximum atomic E-state index is 14.0. The van der Waals surface area contributed by atoms with Gasteiger partial charge in [-0.05, 0) is 32.4 Å². The molecule has 27 heavy (non-hydrogen) atoms. The van der Waals surface area contributed by atoms with Crippen molar-refractivity contribution < 1.29 is 8.78 Å². The minimum atomic E-state index is -0.556. The second-order valence-electron chi connectivity index (χ2n) is 6.21. The lowest BCUT2D eigenvalue weighted by Gasteiger charge is -2.21. The Hall–Kier alpha value is -1.49. The van der Waals surface area contributed by atoms with Gasteiger partial charge in [0.15, 0.2) is 5.96 Å². The second kappa shape index (κ2) is 10.2. The molecule has 1 aromatic heterocycles. The maximum Gasteiger partial charge on any atom is 0.191 e. The summed E-state index contributed by atoms with van der Waals surface area (Å²) < 4.78 is 27.1. The zero-order valence-corrected chi connectivity index (χ0v) is 18.5. The fourth-order valence-corrected chi connectivity index (χ4v) is 3.70. The van der Waals surface area contributed by atoms with Crippen LogP contribution in [-0.2, 0) is 6.54 Å². The summed E-state index contributed by atoms with van der Waals surface area (Å²) in [4.78, 5) is 11.9. The number of halogens is 3. The van der Waals surface area contributed by atoms with Crippen molar-refractivity contribution in [3.05, 3.63) is 45.9 Å². The number of guanidine groups is 1. The molecule has 5 nitrogen and oxygen atoms in total. The summed E-state index contributed by atoms with van der Waals surface area (Å²) in [6.07, 6.45) is 2.71. The molecule has 1 aliphatic heterocycles. The fourth-order valence-electron chi connectivity index (χ4n) is 2.98. The number of benzene rings is 1. The molecule has 1 atom stereocenters. The summed E-state index contributed by atoms with van der Waals surface area (Å²) >= 11 is 1.64. The Morgan fingerprint density at radius 1 is 1.41 bits per heavy atom. The van der Waals surface area contributed by atoms with Gasteiger partial charge in [-0.2, -0.15) is 0 Å². The number of aromatic nitrogens is 1. The quantitative estimate of drug-likeness (QED) is 0.369.